The molecule has 2 aromatic carbocycles. The summed E-state index contributed by atoms with van der Waals surface area (Å²) in [5, 5.41) is 7.93. The maximum absolute atomic E-state index is 12.8. The van der Waals surface area contributed by atoms with Gasteiger partial charge in [-0.05, 0) is 43.0 Å². The maximum atomic E-state index is 12.8. The van der Waals surface area contributed by atoms with Crippen molar-refractivity contribution in [3.05, 3.63) is 76.1 Å². The lowest BCUT2D eigenvalue weighted by atomic mass is 9.68. The van der Waals surface area contributed by atoms with Crippen molar-refractivity contribution in [2.24, 2.45) is 0 Å². The van der Waals surface area contributed by atoms with Crippen molar-refractivity contribution in [3.63, 3.8) is 0 Å². The highest BCUT2D eigenvalue weighted by Crippen LogP contribution is 2.40. The van der Waals surface area contributed by atoms with Crippen LogP contribution >= 0.6 is 0 Å². The molecule has 0 saturated heterocycles. The van der Waals surface area contributed by atoms with E-state index in [1.165, 1.54) is 36.6 Å². The van der Waals surface area contributed by atoms with Crippen LogP contribution in [0.4, 0.5) is 0 Å². The normalized spacial score (nSPS) is 15.9. The number of para-hydroxylation sites is 1. The van der Waals surface area contributed by atoms with Crippen molar-refractivity contribution in [2.45, 2.75) is 51.0 Å². The average Bonchev–Trinajstić information content (AvgIpc) is 2.75. The van der Waals surface area contributed by atoms with Gasteiger partial charge in [0.25, 0.3) is 0 Å². The van der Waals surface area contributed by atoms with E-state index in [4.69, 9.17) is 0 Å². The van der Waals surface area contributed by atoms with Crippen LogP contribution in [0, 0.1) is 6.92 Å². The quantitative estimate of drug-likeness (QED) is 0.723. The van der Waals surface area contributed by atoms with Gasteiger partial charge in [-0.1, -0.05) is 55.7 Å². The Morgan fingerprint density at radius 1 is 1.07 bits per heavy atom. The highest BCUT2D eigenvalue weighted by molar-refractivity contribution is 5.81. The van der Waals surface area contributed by atoms with Crippen LogP contribution in [0.15, 0.2) is 59.5 Å². The van der Waals surface area contributed by atoms with Crippen LogP contribution in [0.25, 0.3) is 10.9 Å². The molecule has 1 fully saturated rings. The van der Waals surface area contributed by atoms with Gasteiger partial charge in [-0.3, -0.25) is 14.3 Å². The molecule has 0 spiro atoms. The van der Waals surface area contributed by atoms with Gasteiger partial charge in [0.15, 0.2) is 0 Å². The number of amides is 1. The van der Waals surface area contributed by atoms with E-state index < -0.39 is 0 Å². The fourth-order valence-corrected chi connectivity index (χ4v) is 4.68. The van der Waals surface area contributed by atoms with E-state index in [1.54, 1.807) is 10.7 Å². The summed E-state index contributed by atoms with van der Waals surface area (Å²) in [5.41, 5.74) is 3.20. The highest BCUT2D eigenvalue weighted by Gasteiger charge is 2.35. The first-order valence-electron chi connectivity index (χ1n) is 10.4. The van der Waals surface area contributed by atoms with Crippen LogP contribution in [-0.4, -0.2) is 22.2 Å². The lowest BCUT2D eigenvalue weighted by molar-refractivity contribution is -0.122. The smallest absolute Gasteiger partial charge is 0.241 e. The third kappa shape index (κ3) is 3.95. The summed E-state index contributed by atoms with van der Waals surface area (Å²) in [6.07, 6.45) is 7.11. The topological polar surface area (TPSA) is 64.0 Å². The molecule has 3 aromatic rings. The van der Waals surface area contributed by atoms with Gasteiger partial charge in [-0.15, -0.1) is 0 Å². The summed E-state index contributed by atoms with van der Waals surface area (Å²) >= 11 is 0. The van der Waals surface area contributed by atoms with Crippen molar-refractivity contribution in [1.82, 2.24) is 15.1 Å². The highest BCUT2D eigenvalue weighted by atomic mass is 16.2. The number of nitrogens with one attached hydrogen (secondary N) is 1. The number of hydrogen-bond acceptors (Lipinski definition) is 3. The summed E-state index contributed by atoms with van der Waals surface area (Å²) < 4.78 is 1.60. The lowest BCUT2D eigenvalue weighted by Gasteiger charge is -2.39. The number of carbonyl (C=O) groups is 1. The third-order valence-electron chi connectivity index (χ3n) is 6.21. The van der Waals surface area contributed by atoms with Gasteiger partial charge in [0.1, 0.15) is 6.54 Å². The molecule has 1 amide bonds. The van der Waals surface area contributed by atoms with Crippen LogP contribution in [0.2, 0.25) is 0 Å². The van der Waals surface area contributed by atoms with Gasteiger partial charge >= 0.3 is 0 Å². The summed E-state index contributed by atoms with van der Waals surface area (Å²) in [6, 6.07) is 15.8. The van der Waals surface area contributed by atoms with Crippen LogP contribution in [0.3, 0.4) is 0 Å². The first-order valence-corrected chi connectivity index (χ1v) is 10.4. The number of nitrogens with zero attached hydrogens (tertiary/aromatic N) is 2. The zero-order chi connectivity index (χ0) is 20.3. The Balaban J connectivity index is 1.53. The van der Waals surface area contributed by atoms with Crippen molar-refractivity contribution in [3.8, 4) is 0 Å². The Labute approximate surface area is 170 Å². The number of fused-ring (bicyclic) bond motifs is 1. The van der Waals surface area contributed by atoms with E-state index in [9.17, 15) is 9.59 Å². The van der Waals surface area contributed by atoms with Gasteiger partial charge < -0.3 is 5.32 Å². The first-order chi connectivity index (χ1) is 14.1. The molecule has 1 aliphatic carbocycles. The Bertz CT molecular complexity index is 1080. The minimum Gasteiger partial charge on any atom is -0.354 e. The monoisotopic (exact) mass is 389 g/mol. The predicted molar refractivity (Wildman–Crippen MR) is 115 cm³/mol. The van der Waals surface area contributed by atoms with Crippen LogP contribution in [0.5, 0.6) is 0 Å². The summed E-state index contributed by atoms with van der Waals surface area (Å²) in [7, 11) is 0. The van der Waals surface area contributed by atoms with E-state index in [1.807, 2.05) is 18.2 Å². The van der Waals surface area contributed by atoms with Gasteiger partial charge in [-0.25, -0.2) is 0 Å². The molecular weight excluding hydrogens is 362 g/mol. The molecule has 5 heteroatoms. The number of aromatic nitrogens is 2. The molecule has 29 heavy (non-hydrogen) atoms. The average molecular weight is 389 g/mol. The first kappa shape index (κ1) is 19.4. The van der Waals surface area contributed by atoms with E-state index >= 15 is 0 Å². The summed E-state index contributed by atoms with van der Waals surface area (Å²) in [5.74, 6) is -0.0789. The Morgan fingerprint density at radius 2 is 1.79 bits per heavy atom. The fourth-order valence-electron chi connectivity index (χ4n) is 4.68. The zero-order valence-electron chi connectivity index (χ0n) is 16.9. The molecule has 0 atom stereocenters. The molecule has 1 saturated carbocycles. The minimum absolute atomic E-state index is 0.00169. The van der Waals surface area contributed by atoms with Crippen molar-refractivity contribution in [1.29, 1.82) is 0 Å². The molecule has 1 N–H and O–H groups in total. The number of rotatable bonds is 5. The number of hydrogen-bond donors (Lipinski definition) is 1. The second-order valence-corrected chi connectivity index (χ2v) is 8.12. The van der Waals surface area contributed by atoms with Crippen molar-refractivity contribution < 1.29 is 4.79 Å². The van der Waals surface area contributed by atoms with Crippen molar-refractivity contribution in [2.75, 3.05) is 6.54 Å². The standard InChI is InChI=1S/C24H27N3O2/c1-18-9-3-5-11-20(18)24(13-7-2-8-14-24)17-25-23(29)16-27-21-12-6-4-10-19(21)22(28)15-26-27/h3-6,9-12,15H,2,7-8,13-14,16-17H2,1H3,(H,25,29). The Morgan fingerprint density at radius 3 is 2.59 bits per heavy atom. The second kappa shape index (κ2) is 8.19. The number of carbonyl (C=O) groups excluding carboxylic acids is 1. The molecule has 0 radical (unpaired) electrons. The molecule has 5 nitrogen and oxygen atoms in total. The van der Waals surface area contributed by atoms with E-state index in [2.05, 4.69) is 41.6 Å². The molecule has 0 aliphatic heterocycles. The second-order valence-electron chi connectivity index (χ2n) is 8.12. The molecule has 1 aliphatic rings. The number of benzene rings is 2. The molecule has 1 aromatic heterocycles. The largest absolute Gasteiger partial charge is 0.354 e. The van der Waals surface area contributed by atoms with E-state index in [0.717, 1.165) is 12.8 Å². The number of aryl methyl sites for hydroxylation is 1. The van der Waals surface area contributed by atoms with Gasteiger partial charge in [0, 0.05) is 17.3 Å². The zero-order valence-corrected chi connectivity index (χ0v) is 16.9. The third-order valence-corrected chi connectivity index (χ3v) is 6.21. The molecule has 4 rings (SSSR count). The lowest BCUT2D eigenvalue weighted by Crippen LogP contribution is -2.43. The van der Waals surface area contributed by atoms with E-state index in [-0.39, 0.29) is 23.3 Å². The SMILES string of the molecule is Cc1ccccc1C1(CNC(=O)Cn2ncc(=O)c3ccccc32)CCCCC1. The fraction of sp³-hybridized carbons (Fsp3) is 0.375. The van der Waals surface area contributed by atoms with Crippen LogP contribution in [0.1, 0.15) is 43.2 Å². The molecule has 0 bridgehead atoms. The molecule has 1 heterocycles. The summed E-state index contributed by atoms with van der Waals surface area (Å²) in [4.78, 5) is 24.8. The molecular formula is C24H27N3O2. The maximum Gasteiger partial charge on any atom is 0.241 e. The van der Waals surface area contributed by atoms with Crippen LogP contribution in [-0.2, 0) is 16.8 Å². The van der Waals surface area contributed by atoms with Gasteiger partial charge in [0.2, 0.25) is 11.3 Å². The van der Waals surface area contributed by atoms with Crippen LogP contribution < -0.4 is 10.7 Å². The Kier molecular flexibility index (Phi) is 5.47. The molecule has 0 unspecified atom stereocenters. The van der Waals surface area contributed by atoms with E-state index in [0.29, 0.717) is 17.4 Å². The molecule has 150 valence electrons. The van der Waals surface area contributed by atoms with Gasteiger partial charge in [0.05, 0.1) is 11.7 Å². The predicted octanol–water partition coefficient (Wildman–Crippen LogP) is 3.72. The van der Waals surface area contributed by atoms with Gasteiger partial charge in [-0.2, -0.15) is 5.10 Å². The Hall–Kier alpha value is -2.95. The summed E-state index contributed by atoms with van der Waals surface area (Å²) in [6.45, 7) is 2.89. The van der Waals surface area contributed by atoms with Crippen molar-refractivity contribution >= 4 is 16.8 Å². The minimum atomic E-state index is -0.127.